The molecule has 8 heteroatoms. The minimum Gasteiger partial charge on any atom is -0.511 e. The first-order valence-corrected chi connectivity index (χ1v) is 16.8. The van der Waals surface area contributed by atoms with Crippen molar-refractivity contribution in [2.24, 2.45) is 56.7 Å². The summed E-state index contributed by atoms with van der Waals surface area (Å²) in [6.07, 6.45) is 7.81. The highest BCUT2D eigenvalue weighted by Crippen LogP contribution is 2.75. The van der Waals surface area contributed by atoms with Crippen LogP contribution in [0.3, 0.4) is 0 Å². The molecule has 0 spiro atoms. The van der Waals surface area contributed by atoms with Gasteiger partial charge in [-0.15, -0.1) is 0 Å². The molecule has 0 aromatic carbocycles. The van der Waals surface area contributed by atoms with Crippen molar-refractivity contribution in [2.45, 2.75) is 99.8 Å². The fraction of sp³-hybridized carbons (Fsp3) is 0.778. The summed E-state index contributed by atoms with van der Waals surface area (Å²) in [6, 6.07) is 2.31. The zero-order valence-electron chi connectivity index (χ0n) is 28.0. The number of hydrogen-bond donors (Lipinski definition) is 1. The maximum atomic E-state index is 14.8. The zero-order chi connectivity index (χ0) is 32.2. The molecule has 4 fully saturated rings. The van der Waals surface area contributed by atoms with E-state index in [0.29, 0.717) is 31.0 Å². The molecule has 9 atom stereocenters. The number of hydrazine groups is 1. The Morgan fingerprint density at radius 1 is 1.09 bits per heavy atom. The molecule has 1 saturated heterocycles. The predicted octanol–water partition coefficient (Wildman–Crippen LogP) is 6.98. The maximum Gasteiger partial charge on any atom is 0.428 e. The highest BCUT2D eigenvalue weighted by atomic mass is 16.5. The smallest absolute Gasteiger partial charge is 0.428 e. The van der Waals surface area contributed by atoms with Crippen molar-refractivity contribution in [2.75, 3.05) is 20.2 Å². The van der Waals surface area contributed by atoms with Crippen molar-refractivity contribution in [1.82, 2.24) is 10.0 Å². The first-order valence-electron chi connectivity index (χ1n) is 16.8. The predicted molar refractivity (Wildman–Crippen MR) is 165 cm³/mol. The summed E-state index contributed by atoms with van der Waals surface area (Å²) in [5.74, 6) is 1.09. The number of hydrogen-bond acceptors (Lipinski definition) is 6. The summed E-state index contributed by atoms with van der Waals surface area (Å²) in [5, 5.41) is 24.3. The van der Waals surface area contributed by atoms with Crippen LogP contribution in [0.25, 0.3) is 0 Å². The van der Waals surface area contributed by atoms with E-state index in [4.69, 9.17) is 4.74 Å². The molecule has 5 aliphatic carbocycles. The third-order valence-electron chi connectivity index (χ3n) is 14.6. The van der Waals surface area contributed by atoms with E-state index in [1.807, 2.05) is 6.08 Å². The number of carbonyl (C=O) groups is 3. The minimum absolute atomic E-state index is 0.0528. The van der Waals surface area contributed by atoms with Crippen molar-refractivity contribution in [3.8, 4) is 6.07 Å². The monoisotopic (exact) mass is 605 g/mol. The number of allylic oxidation sites excluding steroid dienone is 4. The van der Waals surface area contributed by atoms with E-state index in [1.165, 1.54) is 17.7 Å². The average Bonchev–Trinajstić information content (AvgIpc) is 3.33. The van der Waals surface area contributed by atoms with Crippen LogP contribution in [0.5, 0.6) is 0 Å². The first-order chi connectivity index (χ1) is 20.5. The number of nitriles is 1. The Labute approximate surface area is 262 Å². The van der Waals surface area contributed by atoms with E-state index in [0.717, 1.165) is 38.5 Å². The third kappa shape index (κ3) is 3.83. The second-order valence-corrected chi connectivity index (χ2v) is 16.6. The number of carbonyl (C=O) groups excluding carboxylic acids is 3. The van der Waals surface area contributed by atoms with Crippen LogP contribution in [0.4, 0.5) is 4.79 Å². The van der Waals surface area contributed by atoms with Gasteiger partial charge in [-0.2, -0.15) is 5.26 Å². The SMILES string of the molecule is COC(=O)N1CCC(=O)N1C[C@]12CC[C@@H](C)[C@H](C)[C@H]1[C@H]1C(=O)C=C3[C@@]4(C)CC(C#N)=C(O)C(C)(C)[C@@H]4CC[C@@]3(C)[C@]1(C)CC2. The molecular weight excluding hydrogens is 554 g/mol. The van der Waals surface area contributed by atoms with E-state index in [9.17, 15) is 24.8 Å². The topological polar surface area (TPSA) is 111 Å². The Kier molecular flexibility index (Phi) is 6.97. The summed E-state index contributed by atoms with van der Waals surface area (Å²) in [5.41, 5.74) is -0.135. The van der Waals surface area contributed by atoms with Gasteiger partial charge in [-0.3, -0.25) is 9.59 Å². The fourth-order valence-corrected chi connectivity index (χ4v) is 11.9. The molecule has 1 N–H and O–H groups in total. The Morgan fingerprint density at radius 2 is 1.80 bits per heavy atom. The fourth-order valence-electron chi connectivity index (χ4n) is 11.9. The molecule has 0 radical (unpaired) electrons. The van der Waals surface area contributed by atoms with Crippen molar-refractivity contribution in [3.63, 3.8) is 0 Å². The molecule has 2 amide bonds. The van der Waals surface area contributed by atoms with Gasteiger partial charge in [-0.25, -0.2) is 14.8 Å². The zero-order valence-corrected chi connectivity index (χ0v) is 28.0. The molecule has 44 heavy (non-hydrogen) atoms. The lowest BCUT2D eigenvalue weighted by Gasteiger charge is -2.70. The number of fused-ring (bicyclic) bond motifs is 7. The van der Waals surface area contributed by atoms with Crippen molar-refractivity contribution >= 4 is 17.8 Å². The van der Waals surface area contributed by atoms with Gasteiger partial charge in [-0.1, -0.05) is 54.0 Å². The number of ketones is 1. The number of amides is 2. The summed E-state index contributed by atoms with van der Waals surface area (Å²) in [7, 11) is 1.35. The van der Waals surface area contributed by atoms with E-state index in [2.05, 4.69) is 54.5 Å². The number of ether oxygens (including phenoxy) is 1. The van der Waals surface area contributed by atoms with Gasteiger partial charge < -0.3 is 9.84 Å². The molecule has 6 rings (SSSR count). The Bertz CT molecular complexity index is 1410. The van der Waals surface area contributed by atoms with Gasteiger partial charge in [0.1, 0.15) is 5.76 Å². The van der Waals surface area contributed by atoms with Gasteiger partial charge >= 0.3 is 6.09 Å². The van der Waals surface area contributed by atoms with Gasteiger partial charge in [0, 0.05) is 24.3 Å². The summed E-state index contributed by atoms with van der Waals surface area (Å²) in [6.45, 7) is 16.5. The molecule has 1 aliphatic heterocycles. The number of aliphatic hydroxyl groups excluding tert-OH is 1. The van der Waals surface area contributed by atoms with Crippen LogP contribution in [0.15, 0.2) is 23.0 Å². The minimum atomic E-state index is -0.552. The maximum absolute atomic E-state index is 14.8. The molecular formula is C36H51N3O5. The molecule has 0 aromatic rings. The van der Waals surface area contributed by atoms with Crippen molar-refractivity contribution < 1.29 is 24.2 Å². The van der Waals surface area contributed by atoms with E-state index >= 15 is 0 Å². The summed E-state index contributed by atoms with van der Waals surface area (Å²) >= 11 is 0. The van der Waals surface area contributed by atoms with Crippen LogP contribution in [0, 0.1) is 68.0 Å². The van der Waals surface area contributed by atoms with E-state index < -0.39 is 16.9 Å². The van der Waals surface area contributed by atoms with E-state index in [1.54, 1.807) is 5.01 Å². The molecule has 6 aliphatic rings. The van der Waals surface area contributed by atoms with Crippen LogP contribution < -0.4 is 0 Å². The lowest BCUT2D eigenvalue weighted by molar-refractivity contribution is -0.188. The molecule has 3 saturated carbocycles. The van der Waals surface area contributed by atoms with Crippen LogP contribution >= 0.6 is 0 Å². The number of aliphatic hydroxyl groups is 1. The van der Waals surface area contributed by atoms with Gasteiger partial charge in [0.05, 0.1) is 25.3 Å². The van der Waals surface area contributed by atoms with Crippen LogP contribution in [-0.2, 0) is 14.3 Å². The van der Waals surface area contributed by atoms with Crippen LogP contribution in [0.2, 0.25) is 0 Å². The largest absolute Gasteiger partial charge is 0.511 e. The van der Waals surface area contributed by atoms with Gasteiger partial charge in [0.25, 0.3) is 0 Å². The molecule has 0 unspecified atom stereocenters. The Balaban J connectivity index is 1.46. The highest BCUT2D eigenvalue weighted by molar-refractivity contribution is 5.95. The quantitative estimate of drug-likeness (QED) is 0.363. The number of nitrogens with zero attached hydrogens (tertiary/aromatic N) is 3. The molecule has 240 valence electrons. The van der Waals surface area contributed by atoms with Crippen molar-refractivity contribution in [1.29, 1.82) is 5.26 Å². The van der Waals surface area contributed by atoms with Crippen LogP contribution in [0.1, 0.15) is 99.8 Å². The van der Waals surface area contributed by atoms with Crippen LogP contribution in [-0.4, -0.2) is 53.1 Å². The second kappa shape index (κ2) is 9.84. The number of rotatable bonds is 2. The second-order valence-electron chi connectivity index (χ2n) is 16.6. The van der Waals surface area contributed by atoms with Gasteiger partial charge in [0.2, 0.25) is 5.91 Å². The lowest BCUT2D eigenvalue weighted by Crippen LogP contribution is -2.67. The molecule has 0 aromatic heterocycles. The van der Waals surface area contributed by atoms with Gasteiger partial charge in [-0.05, 0) is 96.4 Å². The first kappa shape index (κ1) is 31.2. The summed E-state index contributed by atoms with van der Waals surface area (Å²) in [4.78, 5) is 40.7. The van der Waals surface area contributed by atoms with Gasteiger partial charge in [0.15, 0.2) is 5.78 Å². The average molecular weight is 606 g/mol. The molecule has 0 bridgehead atoms. The third-order valence-corrected chi connectivity index (χ3v) is 14.6. The van der Waals surface area contributed by atoms with Crippen molar-refractivity contribution in [3.05, 3.63) is 23.0 Å². The normalized spacial score (nSPS) is 44.6. The Morgan fingerprint density at radius 3 is 2.45 bits per heavy atom. The number of methoxy groups -OCH3 is 1. The summed E-state index contributed by atoms with van der Waals surface area (Å²) < 4.78 is 5.05. The Hall–Kier alpha value is -2.82. The van der Waals surface area contributed by atoms with E-state index in [-0.39, 0.29) is 63.8 Å². The molecule has 1 heterocycles. The standard InChI is InChI=1S/C36H51N3O5/c1-21-9-13-36(20-39-27(41)11-16-38(39)31(43)44-8)15-14-35(7)29(28(36)22(21)2)24(40)17-26-33(5)18-23(19-37)30(42)32(3,4)25(33)10-12-34(26,35)6/h17,21-22,25,28-29,42H,9-16,18,20H2,1-8H3/t21-,22+,25+,28+,29-,33+,34-,35-,36-/m1/s1. The highest BCUT2D eigenvalue weighted by Gasteiger charge is 2.70. The molecule has 8 nitrogen and oxygen atoms in total. The lowest BCUT2D eigenvalue weighted by atomic mass is 9.33.